The zero-order valence-corrected chi connectivity index (χ0v) is 28.6. The van der Waals surface area contributed by atoms with E-state index in [-0.39, 0.29) is 0 Å². The minimum absolute atomic E-state index is 0.335. The number of rotatable bonds is 0. The maximum absolute atomic E-state index is 4.35. The van der Waals surface area contributed by atoms with Crippen LogP contribution < -0.4 is 0 Å². The summed E-state index contributed by atoms with van der Waals surface area (Å²) >= 11 is 6.64. The molecule has 0 amide bonds. The first kappa shape index (κ1) is 30.7. The average Bonchev–Trinajstić information content (AvgIpc) is 3.12. The fourth-order valence-corrected chi connectivity index (χ4v) is 5.04. The molecule has 9 rings (SSSR count). The Balaban J connectivity index is 0.000000114. The molecule has 0 N–H and O–H groups in total. The van der Waals surface area contributed by atoms with Gasteiger partial charge in [-0.1, -0.05) is 72.8 Å². The maximum Gasteiger partial charge on any atom is 0.0964 e. The molecule has 0 bridgehead atoms. The summed E-state index contributed by atoms with van der Waals surface area (Å²) < 4.78 is 0. The Labute approximate surface area is 280 Å². The van der Waals surface area contributed by atoms with Crippen molar-refractivity contribution < 1.29 is 13.2 Å². The van der Waals surface area contributed by atoms with E-state index in [9.17, 15) is 0 Å². The number of hydrogen-bond donors (Lipinski definition) is 0. The molecular weight excluding hydrogens is 777 g/mol. The number of benzene rings is 3. The van der Waals surface area contributed by atoms with Gasteiger partial charge in [-0.25, -0.2) is 0 Å². The van der Waals surface area contributed by atoms with Gasteiger partial charge in [-0.05, 0) is 36.4 Å². The molecule has 6 heterocycles. The normalized spacial score (nSPS) is 10.6. The van der Waals surface area contributed by atoms with Crippen LogP contribution in [-0.2, 0) is 13.2 Å². The molecule has 0 aliphatic carbocycles. The van der Waals surface area contributed by atoms with Crippen molar-refractivity contribution in [1.82, 2.24) is 29.9 Å². The van der Waals surface area contributed by atoms with Gasteiger partial charge in [-0.3, -0.25) is 29.9 Å². The van der Waals surface area contributed by atoms with Crippen LogP contribution in [0.2, 0.25) is 0 Å². The monoisotopic (exact) mass is 800 g/mol. The average molecular weight is 802 g/mol. The van der Waals surface area contributed by atoms with Gasteiger partial charge in [0.1, 0.15) is 0 Å². The van der Waals surface area contributed by atoms with E-state index >= 15 is 0 Å². The van der Waals surface area contributed by atoms with Crippen LogP contribution in [-0.4, -0.2) is 29.9 Å². The Kier molecular flexibility index (Phi) is 10.3. The van der Waals surface area contributed by atoms with Gasteiger partial charge < -0.3 is 0 Å². The van der Waals surface area contributed by atoms with Crippen LogP contribution in [0.1, 0.15) is 0 Å². The molecule has 45 heavy (non-hydrogen) atoms. The predicted molar refractivity (Wildman–Crippen MR) is 189 cm³/mol. The van der Waals surface area contributed by atoms with Crippen LogP contribution in [0.4, 0.5) is 0 Å². The largest absolute Gasteiger partial charge is 0.254 e. The van der Waals surface area contributed by atoms with Crippen molar-refractivity contribution >= 4 is 92.7 Å². The molecule has 3 aromatic carbocycles. The predicted octanol–water partition coefficient (Wildman–Crippen LogP) is 10.0. The van der Waals surface area contributed by atoms with Gasteiger partial charge in [0.2, 0.25) is 0 Å². The molecule has 0 aliphatic rings. The topological polar surface area (TPSA) is 77.3 Å². The first-order valence-electron chi connectivity index (χ1n) is 13.9. The Bertz CT molecular complexity index is 1940. The molecule has 6 aromatic heterocycles. The fraction of sp³-hybridized carbons (Fsp3) is 0. The first-order chi connectivity index (χ1) is 22.3. The first-order valence-corrected chi connectivity index (χ1v) is 21.8. The number of fused-ring (bicyclic) bond motifs is 9. The number of halogens is 2. The van der Waals surface area contributed by atoms with E-state index < -0.39 is 0 Å². The Morgan fingerprint density at radius 2 is 0.444 bits per heavy atom. The molecule has 9 heteroatoms. The summed E-state index contributed by atoms with van der Waals surface area (Å²) in [5.74, 6) is 0. The molecule has 6 nitrogen and oxygen atoms in total. The molecule has 0 fully saturated rings. The zero-order chi connectivity index (χ0) is 30.8. The number of pyridine rings is 6. The van der Waals surface area contributed by atoms with Gasteiger partial charge >= 0.3 is 40.5 Å². The summed E-state index contributed by atoms with van der Waals surface area (Å²) in [6.07, 6.45) is 10.8. The quantitative estimate of drug-likeness (QED) is 0.112. The SMILES string of the molecule is [Br][Ru][Br].c1cnc2c(c1)ccc1cccnc12.c1cnc2c(c1)ccc1cccnc12.c1cnc2c(c1)ccc1cccnc12. The van der Waals surface area contributed by atoms with E-state index in [1.54, 1.807) is 37.2 Å². The minimum atomic E-state index is 0.335. The molecule has 0 unspecified atom stereocenters. The zero-order valence-electron chi connectivity index (χ0n) is 23.6. The van der Waals surface area contributed by atoms with Crippen LogP contribution in [0.5, 0.6) is 0 Å². The molecule has 0 saturated carbocycles. The molecule has 220 valence electrons. The van der Waals surface area contributed by atoms with Gasteiger partial charge in [0, 0.05) is 69.5 Å². The van der Waals surface area contributed by atoms with Crippen molar-refractivity contribution in [2.75, 3.05) is 0 Å². The van der Waals surface area contributed by atoms with Crippen molar-refractivity contribution in [1.29, 1.82) is 0 Å². The van der Waals surface area contributed by atoms with Crippen LogP contribution >= 0.6 is 27.2 Å². The van der Waals surface area contributed by atoms with Gasteiger partial charge in [0.25, 0.3) is 0 Å². The van der Waals surface area contributed by atoms with Crippen LogP contribution in [0.15, 0.2) is 146 Å². The Morgan fingerprint density at radius 3 is 0.600 bits per heavy atom. The second kappa shape index (κ2) is 15.1. The summed E-state index contributed by atoms with van der Waals surface area (Å²) in [4.78, 5) is 26.1. The van der Waals surface area contributed by atoms with Crippen LogP contribution in [0.25, 0.3) is 65.4 Å². The van der Waals surface area contributed by atoms with Gasteiger partial charge in [0.05, 0.1) is 33.1 Å². The Hall–Kier alpha value is -4.30. The van der Waals surface area contributed by atoms with E-state index in [2.05, 4.69) is 130 Å². The maximum atomic E-state index is 4.35. The molecule has 0 radical (unpaired) electrons. The van der Waals surface area contributed by atoms with Gasteiger partial charge in [0.15, 0.2) is 0 Å². The summed E-state index contributed by atoms with van der Waals surface area (Å²) in [7, 11) is 0. The van der Waals surface area contributed by atoms with E-state index in [1.807, 2.05) is 36.4 Å². The van der Waals surface area contributed by atoms with E-state index in [0.29, 0.717) is 13.2 Å². The molecule has 0 atom stereocenters. The third-order valence-corrected chi connectivity index (χ3v) is 7.03. The second-order valence-electron chi connectivity index (χ2n) is 9.70. The number of aromatic nitrogens is 6. The smallest absolute Gasteiger partial charge is 0.0964 e. The van der Waals surface area contributed by atoms with Crippen molar-refractivity contribution in [3.05, 3.63) is 146 Å². The van der Waals surface area contributed by atoms with Gasteiger partial charge in [-0.15, -0.1) is 0 Å². The third-order valence-electron chi connectivity index (χ3n) is 7.03. The molecular formula is C36H24Br2N6Ru. The van der Waals surface area contributed by atoms with Gasteiger partial charge in [-0.2, -0.15) is 0 Å². The van der Waals surface area contributed by atoms with Crippen LogP contribution in [0, 0.1) is 0 Å². The van der Waals surface area contributed by atoms with Crippen molar-refractivity contribution in [3.8, 4) is 0 Å². The molecule has 0 aliphatic heterocycles. The van der Waals surface area contributed by atoms with E-state index in [0.717, 1.165) is 65.4 Å². The summed E-state index contributed by atoms with van der Waals surface area (Å²) in [5, 5.41) is 6.83. The minimum Gasteiger partial charge on any atom is -0.254 e. The molecule has 9 aromatic rings. The third kappa shape index (κ3) is 7.17. The number of nitrogens with zero attached hydrogens (tertiary/aromatic N) is 6. The fourth-order valence-electron chi connectivity index (χ4n) is 5.04. The summed E-state index contributed by atoms with van der Waals surface area (Å²) in [6.45, 7) is 0. The van der Waals surface area contributed by atoms with Crippen molar-refractivity contribution in [2.45, 2.75) is 0 Å². The van der Waals surface area contributed by atoms with E-state index in [4.69, 9.17) is 0 Å². The summed E-state index contributed by atoms with van der Waals surface area (Å²) in [5.41, 5.74) is 5.86. The molecule has 0 spiro atoms. The standard InChI is InChI=1S/3C12H8N2.2BrH.Ru/c3*1-3-9-5-6-10-4-2-8-14-12(10)11(9)13-7-1;;;/h3*1-8H;2*1H;/q;;;;;+2/p-2. The Morgan fingerprint density at radius 1 is 0.289 bits per heavy atom. The van der Waals surface area contributed by atoms with Crippen molar-refractivity contribution in [2.24, 2.45) is 0 Å². The van der Waals surface area contributed by atoms with Crippen molar-refractivity contribution in [3.63, 3.8) is 0 Å². The molecule has 0 saturated heterocycles. The number of hydrogen-bond acceptors (Lipinski definition) is 6. The van der Waals surface area contributed by atoms with E-state index in [1.165, 1.54) is 0 Å². The summed E-state index contributed by atoms with van der Waals surface area (Å²) in [6, 6.07) is 36.4. The van der Waals surface area contributed by atoms with Crippen LogP contribution in [0.3, 0.4) is 0 Å². The second-order valence-corrected chi connectivity index (χ2v) is 17.7.